The number of benzene rings is 2. The molecule has 2 aromatic carbocycles. The Morgan fingerprint density at radius 1 is 1.00 bits per heavy atom. The second kappa shape index (κ2) is 7.77. The Balaban J connectivity index is 2.03. The molecular weight excluding hydrogens is 312 g/mol. The van der Waals surface area contributed by atoms with Crippen molar-refractivity contribution < 1.29 is 24.2 Å². The van der Waals surface area contributed by atoms with Crippen LogP contribution in [0.15, 0.2) is 47.6 Å². The van der Waals surface area contributed by atoms with E-state index in [1.165, 1.54) is 32.6 Å². The molecule has 2 rings (SSSR count). The molecular formula is C17H16N2O5. The first-order valence-electron chi connectivity index (χ1n) is 6.94. The zero-order valence-corrected chi connectivity index (χ0v) is 13.1. The maximum atomic E-state index is 12.0. The summed E-state index contributed by atoms with van der Waals surface area (Å²) in [5, 5.41) is 12.7. The predicted molar refractivity (Wildman–Crippen MR) is 88.0 cm³/mol. The highest BCUT2D eigenvalue weighted by Crippen LogP contribution is 2.27. The van der Waals surface area contributed by atoms with Gasteiger partial charge in [-0.1, -0.05) is 12.1 Å². The Kier molecular flexibility index (Phi) is 5.51. The lowest BCUT2D eigenvalue weighted by Crippen LogP contribution is -2.17. The molecule has 0 spiro atoms. The highest BCUT2D eigenvalue weighted by molar-refractivity contribution is 5.95. The van der Waals surface area contributed by atoms with Gasteiger partial charge in [0, 0.05) is 5.56 Å². The fraction of sp³-hybridized carbons (Fsp3) is 0.118. The number of hydrogen-bond acceptors (Lipinski definition) is 5. The number of hydrogen-bond donors (Lipinski definition) is 2. The number of hydrazone groups is 1. The van der Waals surface area contributed by atoms with Gasteiger partial charge in [-0.25, -0.2) is 10.2 Å². The van der Waals surface area contributed by atoms with Crippen LogP contribution in [-0.4, -0.2) is 37.4 Å². The molecule has 1 amide bonds. The number of nitrogens with one attached hydrogen (secondary N) is 1. The minimum absolute atomic E-state index is 0.182. The summed E-state index contributed by atoms with van der Waals surface area (Å²) in [7, 11) is 3.00. The molecule has 0 saturated heterocycles. The first-order valence-corrected chi connectivity index (χ1v) is 6.94. The second-order valence-corrected chi connectivity index (χ2v) is 4.70. The van der Waals surface area contributed by atoms with Crippen molar-refractivity contribution in [3.8, 4) is 11.5 Å². The van der Waals surface area contributed by atoms with Crippen molar-refractivity contribution in [2.75, 3.05) is 14.2 Å². The van der Waals surface area contributed by atoms with Crippen molar-refractivity contribution in [1.29, 1.82) is 0 Å². The zero-order chi connectivity index (χ0) is 17.5. The SMILES string of the molecule is COc1ccc(C(=O)N/N=C\c2ccc(C(=O)O)cc2)cc1OC. The fourth-order valence-corrected chi connectivity index (χ4v) is 1.92. The van der Waals surface area contributed by atoms with Gasteiger partial charge in [0.15, 0.2) is 11.5 Å². The largest absolute Gasteiger partial charge is 0.493 e. The van der Waals surface area contributed by atoms with E-state index < -0.39 is 11.9 Å². The summed E-state index contributed by atoms with van der Waals surface area (Å²) in [4.78, 5) is 22.8. The number of carbonyl (C=O) groups is 2. The number of carboxylic acid groups (broad SMARTS) is 1. The molecule has 0 aliphatic heterocycles. The quantitative estimate of drug-likeness (QED) is 0.625. The number of carbonyl (C=O) groups excluding carboxylic acids is 1. The summed E-state index contributed by atoms with van der Waals surface area (Å²) in [6.45, 7) is 0. The van der Waals surface area contributed by atoms with Gasteiger partial charge < -0.3 is 14.6 Å². The van der Waals surface area contributed by atoms with Crippen LogP contribution in [-0.2, 0) is 0 Å². The molecule has 0 atom stereocenters. The second-order valence-electron chi connectivity index (χ2n) is 4.70. The average Bonchev–Trinajstić information content (AvgIpc) is 2.61. The molecule has 124 valence electrons. The van der Waals surface area contributed by atoms with Gasteiger partial charge in [-0.05, 0) is 35.9 Å². The van der Waals surface area contributed by atoms with Crippen LogP contribution in [0.25, 0.3) is 0 Å². The fourth-order valence-electron chi connectivity index (χ4n) is 1.92. The van der Waals surface area contributed by atoms with Crippen molar-refractivity contribution in [3.05, 3.63) is 59.2 Å². The third-order valence-electron chi connectivity index (χ3n) is 3.18. The lowest BCUT2D eigenvalue weighted by molar-refractivity contribution is 0.0696. The number of carboxylic acids is 1. The molecule has 0 aliphatic rings. The molecule has 0 bridgehead atoms. The van der Waals surface area contributed by atoms with Crippen molar-refractivity contribution >= 4 is 18.1 Å². The Morgan fingerprint density at radius 2 is 1.62 bits per heavy atom. The molecule has 0 aromatic heterocycles. The monoisotopic (exact) mass is 328 g/mol. The van der Waals surface area contributed by atoms with E-state index in [1.54, 1.807) is 30.3 Å². The summed E-state index contributed by atoms with van der Waals surface area (Å²) >= 11 is 0. The molecule has 0 aliphatic carbocycles. The van der Waals surface area contributed by atoms with Crippen LogP contribution in [0.4, 0.5) is 0 Å². The van der Waals surface area contributed by atoms with Crippen LogP contribution < -0.4 is 14.9 Å². The van der Waals surface area contributed by atoms with Crippen molar-refractivity contribution in [2.45, 2.75) is 0 Å². The van der Waals surface area contributed by atoms with Crippen LogP contribution in [0, 0.1) is 0 Å². The van der Waals surface area contributed by atoms with Crippen LogP contribution in [0.1, 0.15) is 26.3 Å². The summed E-state index contributed by atoms with van der Waals surface area (Å²) in [6, 6.07) is 10.9. The summed E-state index contributed by atoms with van der Waals surface area (Å²) in [6.07, 6.45) is 1.42. The third-order valence-corrected chi connectivity index (χ3v) is 3.18. The van der Waals surface area contributed by atoms with Crippen LogP contribution in [0.2, 0.25) is 0 Å². The molecule has 2 aromatic rings. The van der Waals surface area contributed by atoms with E-state index in [4.69, 9.17) is 14.6 Å². The van der Waals surface area contributed by atoms with E-state index in [2.05, 4.69) is 10.5 Å². The molecule has 0 radical (unpaired) electrons. The lowest BCUT2D eigenvalue weighted by atomic mass is 10.1. The first-order chi connectivity index (χ1) is 11.5. The number of aromatic carboxylic acids is 1. The van der Waals surface area contributed by atoms with Gasteiger partial charge in [0.1, 0.15) is 0 Å². The topological polar surface area (TPSA) is 97.2 Å². The third kappa shape index (κ3) is 4.10. The van der Waals surface area contributed by atoms with Crippen LogP contribution >= 0.6 is 0 Å². The number of methoxy groups -OCH3 is 2. The highest BCUT2D eigenvalue weighted by atomic mass is 16.5. The maximum Gasteiger partial charge on any atom is 0.335 e. The molecule has 7 heteroatoms. The minimum Gasteiger partial charge on any atom is -0.493 e. The molecule has 0 unspecified atom stereocenters. The average molecular weight is 328 g/mol. The van der Waals surface area contributed by atoms with Crippen LogP contribution in [0.3, 0.4) is 0 Å². The molecule has 2 N–H and O–H groups in total. The van der Waals surface area contributed by atoms with Gasteiger partial charge in [0.05, 0.1) is 26.0 Å². The van der Waals surface area contributed by atoms with Crippen LogP contribution in [0.5, 0.6) is 11.5 Å². The van der Waals surface area contributed by atoms with Crippen molar-refractivity contribution in [1.82, 2.24) is 5.43 Å². The van der Waals surface area contributed by atoms with E-state index in [-0.39, 0.29) is 5.56 Å². The lowest BCUT2D eigenvalue weighted by Gasteiger charge is -2.08. The Hall–Kier alpha value is -3.35. The van der Waals surface area contributed by atoms with E-state index >= 15 is 0 Å². The number of ether oxygens (including phenoxy) is 2. The molecule has 0 fully saturated rings. The Labute approximate surface area is 138 Å². The van der Waals surface area contributed by atoms with E-state index in [0.717, 1.165) is 0 Å². The van der Waals surface area contributed by atoms with Crippen molar-refractivity contribution in [2.24, 2.45) is 5.10 Å². The van der Waals surface area contributed by atoms with Gasteiger partial charge >= 0.3 is 5.97 Å². The van der Waals surface area contributed by atoms with Gasteiger partial charge in [0.2, 0.25) is 0 Å². The Bertz CT molecular complexity index is 769. The Morgan fingerprint density at radius 3 is 2.21 bits per heavy atom. The number of rotatable bonds is 6. The molecule has 0 saturated carbocycles. The van der Waals surface area contributed by atoms with Gasteiger partial charge in [-0.3, -0.25) is 4.79 Å². The standard InChI is InChI=1S/C17H16N2O5/c1-23-14-8-7-13(9-15(14)24-2)16(20)19-18-10-11-3-5-12(6-4-11)17(21)22/h3-10H,1-2H3,(H,19,20)(H,21,22)/b18-10-. The minimum atomic E-state index is -1.000. The van der Waals surface area contributed by atoms with Gasteiger partial charge in [0.25, 0.3) is 5.91 Å². The summed E-state index contributed by atoms with van der Waals surface area (Å²) in [5.74, 6) is -0.441. The molecule has 24 heavy (non-hydrogen) atoms. The maximum absolute atomic E-state index is 12.0. The zero-order valence-electron chi connectivity index (χ0n) is 13.1. The normalized spacial score (nSPS) is 10.4. The van der Waals surface area contributed by atoms with Gasteiger partial charge in [-0.2, -0.15) is 5.10 Å². The van der Waals surface area contributed by atoms with Gasteiger partial charge in [-0.15, -0.1) is 0 Å². The van der Waals surface area contributed by atoms with E-state index in [9.17, 15) is 9.59 Å². The van der Waals surface area contributed by atoms with Crippen molar-refractivity contribution in [3.63, 3.8) is 0 Å². The highest BCUT2D eigenvalue weighted by Gasteiger charge is 2.10. The number of amides is 1. The van der Waals surface area contributed by atoms with E-state index in [1.807, 2.05) is 0 Å². The van der Waals surface area contributed by atoms with E-state index in [0.29, 0.717) is 22.6 Å². The predicted octanol–water partition coefficient (Wildman–Crippen LogP) is 2.17. The summed E-state index contributed by atoms with van der Waals surface area (Å²) < 4.78 is 10.2. The summed E-state index contributed by atoms with van der Waals surface area (Å²) in [5.41, 5.74) is 3.60. The smallest absolute Gasteiger partial charge is 0.335 e. The number of nitrogens with zero attached hydrogens (tertiary/aromatic N) is 1. The molecule has 0 heterocycles. The molecule has 7 nitrogen and oxygen atoms in total. The first kappa shape index (κ1) is 17.0.